The zero-order valence-electron chi connectivity index (χ0n) is 8.56. The van der Waals surface area contributed by atoms with Crippen LogP contribution in [0.4, 0.5) is 19.0 Å². The molecule has 1 rings (SSSR count). The highest BCUT2D eigenvalue weighted by Gasteiger charge is 2.33. The van der Waals surface area contributed by atoms with Gasteiger partial charge in [0.05, 0.1) is 5.56 Å². The predicted molar refractivity (Wildman–Crippen MR) is 67.9 cm³/mol. The van der Waals surface area contributed by atoms with Gasteiger partial charge in [-0.05, 0) is 58.9 Å². The predicted octanol–water partition coefficient (Wildman–Crippen LogP) is 4.12. The molecule has 0 aliphatic carbocycles. The summed E-state index contributed by atoms with van der Waals surface area (Å²) < 4.78 is 39.2. The molecule has 0 aliphatic heterocycles. The fourth-order valence-electron chi connectivity index (χ4n) is 1.10. The van der Waals surface area contributed by atoms with Crippen molar-refractivity contribution in [2.75, 3.05) is 17.8 Å². The van der Waals surface area contributed by atoms with Crippen LogP contribution in [-0.2, 0) is 6.18 Å². The van der Waals surface area contributed by atoms with Gasteiger partial charge in [-0.25, -0.2) is 4.98 Å². The lowest BCUT2D eigenvalue weighted by Crippen LogP contribution is -2.09. The molecule has 0 N–H and O–H groups in total. The third-order valence-corrected chi connectivity index (χ3v) is 5.11. The van der Waals surface area contributed by atoms with E-state index in [-0.39, 0.29) is 4.60 Å². The van der Waals surface area contributed by atoms with Crippen LogP contribution in [0, 0.1) is 0 Å². The molecule has 90 valence electrons. The Morgan fingerprint density at radius 3 is 2.19 bits per heavy atom. The Bertz CT molecular complexity index is 369. The Hall–Kier alpha value is 0.0800. The van der Waals surface area contributed by atoms with Crippen LogP contribution in [0.3, 0.4) is 0 Å². The number of rotatable bonds is 3. The molecule has 2 atom stereocenters. The van der Waals surface area contributed by atoms with Gasteiger partial charge in [0, 0.05) is 0 Å². The average molecular weight is 333 g/mol. The van der Waals surface area contributed by atoms with Gasteiger partial charge in [-0.15, -0.1) is 0 Å². The molecule has 0 saturated heterocycles. The molecule has 0 aromatic carbocycles. The summed E-state index contributed by atoms with van der Waals surface area (Å²) in [6.45, 7) is 3.92. The standard InChI is InChI=1S/C8H10BrF3N2P2/c1-15-14(16-2)6-4-3-5(7(9)13-6)8(10,11)12/h3-4,15-16H,1-2H3. The van der Waals surface area contributed by atoms with Crippen molar-refractivity contribution in [1.29, 1.82) is 0 Å². The minimum absolute atomic E-state index is 0.154. The van der Waals surface area contributed by atoms with Crippen molar-refractivity contribution in [3.05, 3.63) is 22.3 Å². The summed E-state index contributed by atoms with van der Waals surface area (Å²) in [6.07, 6.45) is -4.36. The van der Waals surface area contributed by atoms with E-state index in [0.29, 0.717) is 23.3 Å². The molecule has 0 spiro atoms. The summed E-state index contributed by atoms with van der Waals surface area (Å²) in [5, 5.41) is 0. The molecule has 16 heavy (non-hydrogen) atoms. The fraction of sp³-hybridized carbons (Fsp3) is 0.375. The molecular formula is C8H10BrF3N2P2. The number of nitrogens with zero attached hydrogens (tertiary/aromatic N) is 2. The maximum absolute atomic E-state index is 12.5. The van der Waals surface area contributed by atoms with Crippen LogP contribution >= 0.6 is 33.4 Å². The number of pyridine rings is 1. The molecule has 0 amide bonds. The van der Waals surface area contributed by atoms with E-state index in [4.69, 9.17) is 0 Å². The summed E-state index contributed by atoms with van der Waals surface area (Å²) in [6, 6.07) is 2.46. The normalized spacial score (nSPS) is 13.1. The van der Waals surface area contributed by atoms with Crippen LogP contribution in [0.5, 0.6) is 0 Å². The first-order chi connectivity index (χ1) is 7.40. The van der Waals surface area contributed by atoms with E-state index >= 15 is 0 Å². The van der Waals surface area contributed by atoms with Crippen LogP contribution in [0.15, 0.2) is 16.7 Å². The first-order valence-corrected chi connectivity index (χ1v) is 7.97. The van der Waals surface area contributed by atoms with E-state index in [1.807, 2.05) is 17.8 Å². The summed E-state index contributed by atoms with van der Waals surface area (Å²) >= 11 is 2.86. The average Bonchev–Trinajstić information content (AvgIpc) is 2.17. The molecule has 8 heteroatoms. The number of halogens is 4. The van der Waals surface area contributed by atoms with Crippen LogP contribution in [0.2, 0.25) is 0 Å². The fourth-order valence-corrected chi connectivity index (χ4v) is 3.24. The Labute approximate surface area is 104 Å². The Balaban J connectivity index is 3.08. The van der Waals surface area contributed by atoms with Crippen molar-refractivity contribution in [2.24, 2.45) is 0 Å². The summed E-state index contributed by atoms with van der Waals surface area (Å²) in [5.41, 5.74) is -0.741. The van der Waals surface area contributed by atoms with E-state index in [0.717, 1.165) is 6.07 Å². The van der Waals surface area contributed by atoms with Gasteiger partial charge in [0.2, 0.25) is 0 Å². The molecule has 2 unspecified atom stereocenters. The monoisotopic (exact) mass is 332 g/mol. The first-order valence-electron chi connectivity index (χ1n) is 4.28. The maximum atomic E-state index is 12.5. The second-order valence-corrected chi connectivity index (χ2v) is 5.78. The molecule has 1 heterocycles. The number of hydrogen-bond donors (Lipinski definition) is 0. The maximum Gasteiger partial charge on any atom is 0.419 e. The summed E-state index contributed by atoms with van der Waals surface area (Å²) in [7, 11) is 0.974. The van der Waals surface area contributed by atoms with Gasteiger partial charge in [0.1, 0.15) is 10.4 Å². The topological polar surface area (TPSA) is 16.1 Å². The molecule has 0 radical (unpaired) electrons. The third kappa shape index (κ3) is 3.28. The minimum atomic E-state index is -4.36. The van der Waals surface area contributed by atoms with Crippen LogP contribution in [0.25, 0.3) is 0 Å². The quantitative estimate of drug-likeness (QED) is 0.611. The zero-order valence-corrected chi connectivity index (χ0v) is 12.1. The molecular weight excluding hydrogens is 323 g/mol. The van der Waals surface area contributed by atoms with Crippen molar-refractivity contribution in [3.63, 3.8) is 0 Å². The minimum Gasteiger partial charge on any atom is -0.321 e. The lowest BCUT2D eigenvalue weighted by Gasteiger charge is -2.20. The van der Waals surface area contributed by atoms with E-state index in [9.17, 15) is 13.2 Å². The van der Waals surface area contributed by atoms with Crippen LogP contribution < -0.4 is 4.44 Å². The van der Waals surface area contributed by atoms with E-state index in [1.54, 1.807) is 0 Å². The molecule has 2 nitrogen and oxygen atoms in total. The molecule has 0 aliphatic rings. The van der Waals surface area contributed by atoms with Gasteiger partial charge < -0.3 is 4.44 Å². The summed E-state index contributed by atoms with van der Waals surface area (Å²) in [5.74, 6) is 0.571. The van der Waals surface area contributed by atoms with Crippen molar-refractivity contribution in [2.45, 2.75) is 6.18 Å². The highest BCUT2D eigenvalue weighted by molar-refractivity contribution is 9.10. The van der Waals surface area contributed by atoms with E-state index in [1.165, 1.54) is 6.07 Å². The smallest absolute Gasteiger partial charge is 0.321 e. The summed E-state index contributed by atoms with van der Waals surface area (Å²) in [4.78, 5) is 3.92. The van der Waals surface area contributed by atoms with Crippen LogP contribution in [-0.4, -0.2) is 18.3 Å². The second-order valence-electron chi connectivity index (χ2n) is 2.79. The highest BCUT2D eigenvalue weighted by atomic mass is 79.9. The lowest BCUT2D eigenvalue weighted by molar-refractivity contribution is -0.138. The van der Waals surface area contributed by atoms with Crippen molar-refractivity contribution < 1.29 is 13.2 Å². The number of aromatic nitrogens is 1. The SMILES string of the molecule is CPN(PC)c1ccc(C(F)(F)F)c(Br)n1. The highest BCUT2D eigenvalue weighted by Crippen LogP contribution is 2.38. The Morgan fingerprint density at radius 2 is 1.81 bits per heavy atom. The second kappa shape index (κ2) is 5.61. The van der Waals surface area contributed by atoms with Gasteiger partial charge in [-0.3, -0.25) is 0 Å². The number of anilines is 1. The van der Waals surface area contributed by atoms with Gasteiger partial charge in [-0.2, -0.15) is 13.2 Å². The van der Waals surface area contributed by atoms with Crippen molar-refractivity contribution >= 4 is 39.2 Å². The van der Waals surface area contributed by atoms with Gasteiger partial charge in [-0.1, -0.05) is 0 Å². The van der Waals surface area contributed by atoms with E-state index < -0.39 is 11.7 Å². The largest absolute Gasteiger partial charge is 0.419 e. The van der Waals surface area contributed by atoms with Gasteiger partial charge in [0.15, 0.2) is 0 Å². The number of alkyl halides is 3. The first kappa shape index (κ1) is 14.1. The van der Waals surface area contributed by atoms with Gasteiger partial charge >= 0.3 is 6.18 Å². The lowest BCUT2D eigenvalue weighted by atomic mass is 10.3. The van der Waals surface area contributed by atoms with Crippen LogP contribution in [0.1, 0.15) is 5.56 Å². The molecule has 0 fully saturated rings. The van der Waals surface area contributed by atoms with Crippen molar-refractivity contribution in [1.82, 2.24) is 4.98 Å². The Kier molecular flexibility index (Phi) is 4.96. The van der Waals surface area contributed by atoms with Crippen molar-refractivity contribution in [3.8, 4) is 0 Å². The van der Waals surface area contributed by atoms with Gasteiger partial charge in [0.25, 0.3) is 0 Å². The number of hydrogen-bond acceptors (Lipinski definition) is 2. The zero-order chi connectivity index (χ0) is 12.3. The molecule has 1 aromatic rings. The Morgan fingerprint density at radius 1 is 1.25 bits per heavy atom. The third-order valence-electron chi connectivity index (χ3n) is 1.82. The molecule has 1 aromatic heterocycles. The molecule has 0 bridgehead atoms. The van der Waals surface area contributed by atoms with E-state index in [2.05, 4.69) is 20.9 Å². The molecule has 0 saturated carbocycles.